The van der Waals surface area contributed by atoms with Crippen LogP contribution in [0.1, 0.15) is 40.0 Å². The Morgan fingerprint density at radius 3 is 2.50 bits per heavy atom. The first-order valence-corrected chi connectivity index (χ1v) is 10.9. The van der Waals surface area contributed by atoms with Crippen LogP contribution in [0.4, 0.5) is 0 Å². The predicted octanol–water partition coefficient (Wildman–Crippen LogP) is 5.26. The Hall–Kier alpha value is 0.270. The molecule has 0 heterocycles. The Morgan fingerprint density at radius 1 is 1.19 bits per heavy atom. The number of fused-ring (bicyclic) bond motifs is 5. The number of hydrogen-bond donors (Lipinski definition) is 1. The van der Waals surface area contributed by atoms with Crippen molar-refractivity contribution in [2.75, 3.05) is 0 Å². The molecule has 0 amide bonds. The average Bonchev–Trinajstić information content (AvgIpc) is 2.78. The Bertz CT molecular complexity index is 733. The number of aliphatic hydroxyl groups excluding tert-OH is 1. The third kappa shape index (κ3) is 2.15. The Morgan fingerprint density at radius 2 is 1.85 bits per heavy atom. The van der Waals surface area contributed by atoms with Gasteiger partial charge in [-0.15, -0.1) is 34.8 Å². The van der Waals surface area contributed by atoms with E-state index in [1.807, 2.05) is 13.0 Å². The minimum absolute atomic E-state index is 0.0450. The maximum absolute atomic E-state index is 12.2. The molecule has 0 bridgehead atoms. The quantitative estimate of drug-likeness (QED) is 0.524. The Kier molecular flexibility index (Phi) is 4.44. The molecule has 3 saturated carbocycles. The van der Waals surface area contributed by atoms with Crippen LogP contribution in [0.25, 0.3) is 0 Å². The van der Waals surface area contributed by atoms with Crippen molar-refractivity contribution < 1.29 is 9.90 Å². The van der Waals surface area contributed by atoms with Gasteiger partial charge < -0.3 is 5.11 Å². The van der Waals surface area contributed by atoms with Crippen molar-refractivity contribution in [3.05, 3.63) is 22.8 Å². The van der Waals surface area contributed by atoms with Gasteiger partial charge in [0.2, 0.25) is 0 Å². The molecule has 9 atom stereocenters. The van der Waals surface area contributed by atoms with Gasteiger partial charge in [-0.1, -0.05) is 38.4 Å². The molecule has 4 aliphatic carbocycles. The van der Waals surface area contributed by atoms with Crippen molar-refractivity contribution >= 4 is 52.2 Å². The van der Waals surface area contributed by atoms with E-state index in [-0.39, 0.29) is 50.8 Å². The van der Waals surface area contributed by atoms with Crippen LogP contribution in [0.5, 0.6) is 0 Å². The topological polar surface area (TPSA) is 37.3 Å². The summed E-state index contributed by atoms with van der Waals surface area (Å²) in [4.78, 5) is 11.4. The molecule has 0 spiro atoms. The number of halogens is 4. The van der Waals surface area contributed by atoms with Gasteiger partial charge in [0.25, 0.3) is 0 Å². The summed E-state index contributed by atoms with van der Waals surface area (Å²) < 4.78 is 0. The highest BCUT2D eigenvalue weighted by atomic mass is 35.5. The lowest BCUT2D eigenvalue weighted by Crippen LogP contribution is -2.66. The summed E-state index contributed by atoms with van der Waals surface area (Å²) in [6.07, 6.45) is 5.15. The lowest BCUT2D eigenvalue weighted by atomic mass is 9.47. The number of rotatable bonds is 0. The van der Waals surface area contributed by atoms with E-state index < -0.39 is 10.3 Å². The van der Waals surface area contributed by atoms with E-state index in [4.69, 9.17) is 46.4 Å². The monoisotopic (exact) mass is 436 g/mol. The zero-order chi connectivity index (χ0) is 19.2. The van der Waals surface area contributed by atoms with Crippen molar-refractivity contribution in [2.24, 2.45) is 28.6 Å². The molecule has 0 unspecified atom stereocenters. The molecule has 0 aromatic carbocycles. The highest BCUT2D eigenvalue weighted by Gasteiger charge is 2.71. The van der Waals surface area contributed by atoms with Crippen molar-refractivity contribution in [1.29, 1.82) is 0 Å². The Balaban J connectivity index is 1.89. The molecule has 1 N–H and O–H groups in total. The summed E-state index contributed by atoms with van der Waals surface area (Å²) in [6, 6.07) is 0. The zero-order valence-corrected chi connectivity index (χ0v) is 18.1. The number of carbonyl (C=O) groups is 1. The number of ketones is 1. The SMILES string of the molecule is C[C@@H]1C[C@H]2[C@@H]3C[C@H](Cl)C4=C(Cl)C(=O)C=C[C@]4(C)[C@@]3(Cl)[C@@H](Cl)C[C@]2(C)[C@@H]1O. The van der Waals surface area contributed by atoms with Crippen LogP contribution >= 0.6 is 46.4 Å². The van der Waals surface area contributed by atoms with Gasteiger partial charge in [-0.3, -0.25) is 4.79 Å². The largest absolute Gasteiger partial charge is 0.392 e. The molecule has 144 valence electrons. The maximum atomic E-state index is 12.2. The third-order valence-electron chi connectivity index (χ3n) is 7.94. The molecule has 3 fully saturated rings. The van der Waals surface area contributed by atoms with Gasteiger partial charge in [-0.05, 0) is 54.1 Å². The fourth-order valence-electron chi connectivity index (χ4n) is 6.57. The third-order valence-corrected chi connectivity index (χ3v) is 10.3. The van der Waals surface area contributed by atoms with Gasteiger partial charge in [-0.25, -0.2) is 0 Å². The molecular formula is C20H24Cl4O2. The second-order valence-corrected chi connectivity index (χ2v) is 11.2. The average molecular weight is 438 g/mol. The lowest BCUT2D eigenvalue weighted by molar-refractivity contribution is -0.111. The molecule has 0 aromatic rings. The molecule has 0 aliphatic heterocycles. The van der Waals surface area contributed by atoms with Gasteiger partial charge in [0.1, 0.15) is 0 Å². The second-order valence-electron chi connectivity index (χ2n) is 9.15. The molecule has 2 nitrogen and oxygen atoms in total. The van der Waals surface area contributed by atoms with Gasteiger partial charge in [0, 0.05) is 5.41 Å². The van der Waals surface area contributed by atoms with Gasteiger partial charge in [0.05, 0.1) is 26.8 Å². The zero-order valence-electron chi connectivity index (χ0n) is 15.1. The van der Waals surface area contributed by atoms with Crippen LogP contribution in [0.2, 0.25) is 0 Å². The maximum Gasteiger partial charge on any atom is 0.196 e. The first kappa shape index (κ1) is 19.6. The van der Waals surface area contributed by atoms with E-state index in [0.717, 1.165) is 6.42 Å². The minimum atomic E-state index is -0.791. The van der Waals surface area contributed by atoms with Crippen molar-refractivity contribution in [3.63, 3.8) is 0 Å². The highest BCUT2D eigenvalue weighted by molar-refractivity contribution is 6.46. The molecule has 0 saturated heterocycles. The summed E-state index contributed by atoms with van der Waals surface area (Å²) in [5, 5.41) is 10.3. The van der Waals surface area contributed by atoms with Crippen LogP contribution in [0, 0.1) is 28.6 Å². The van der Waals surface area contributed by atoms with Crippen molar-refractivity contribution in [3.8, 4) is 0 Å². The summed E-state index contributed by atoms with van der Waals surface area (Å²) >= 11 is 27.6. The molecule has 4 aliphatic rings. The summed E-state index contributed by atoms with van der Waals surface area (Å²) in [6.45, 7) is 6.24. The molecule has 0 radical (unpaired) electrons. The van der Waals surface area contributed by atoms with Crippen LogP contribution in [0.3, 0.4) is 0 Å². The summed E-state index contributed by atoms with van der Waals surface area (Å²) in [7, 11) is 0. The molecule has 0 aromatic heterocycles. The van der Waals surface area contributed by atoms with Gasteiger partial charge >= 0.3 is 0 Å². The van der Waals surface area contributed by atoms with Crippen LogP contribution in [-0.2, 0) is 4.79 Å². The predicted molar refractivity (Wildman–Crippen MR) is 107 cm³/mol. The van der Waals surface area contributed by atoms with Crippen molar-refractivity contribution in [2.45, 2.75) is 61.8 Å². The molecule has 4 rings (SSSR count). The second kappa shape index (κ2) is 5.89. The lowest BCUT2D eigenvalue weighted by Gasteiger charge is -2.64. The van der Waals surface area contributed by atoms with E-state index >= 15 is 0 Å². The van der Waals surface area contributed by atoms with Gasteiger partial charge in [-0.2, -0.15) is 0 Å². The molecule has 6 heteroatoms. The number of aliphatic hydroxyl groups is 1. The normalized spacial score (nSPS) is 56.2. The number of carbonyl (C=O) groups excluding carboxylic acids is 1. The van der Waals surface area contributed by atoms with Crippen LogP contribution < -0.4 is 0 Å². The summed E-state index contributed by atoms with van der Waals surface area (Å²) in [5.74, 6) is 0.270. The molecule has 26 heavy (non-hydrogen) atoms. The highest BCUT2D eigenvalue weighted by Crippen LogP contribution is 2.71. The first-order chi connectivity index (χ1) is 12.0. The van der Waals surface area contributed by atoms with Gasteiger partial charge in [0.15, 0.2) is 5.78 Å². The fourth-order valence-corrected chi connectivity index (χ4v) is 8.75. The fraction of sp³-hybridized carbons (Fsp3) is 0.750. The summed E-state index contributed by atoms with van der Waals surface area (Å²) in [5.41, 5.74) is -0.235. The van der Waals surface area contributed by atoms with Crippen LogP contribution in [-0.4, -0.2) is 32.6 Å². The van der Waals surface area contributed by atoms with E-state index in [2.05, 4.69) is 13.8 Å². The standard InChI is InChI=1S/C20H24Cl4O2/c1-9-6-10-11-7-12(21)15-16(23)13(25)4-5-19(15,3)20(11,24)14(22)8-18(10,2)17(9)26/h4-5,9-12,14,17,26H,6-8H2,1-3H3/t9-,10+,11+,12+,14+,17-,18+,19+,20+/m1/s1. The van der Waals surface area contributed by atoms with E-state index in [1.165, 1.54) is 6.08 Å². The van der Waals surface area contributed by atoms with Crippen molar-refractivity contribution in [1.82, 2.24) is 0 Å². The number of alkyl halides is 3. The Labute approximate surface area is 174 Å². The molecular weight excluding hydrogens is 414 g/mol. The number of hydrogen-bond acceptors (Lipinski definition) is 2. The van der Waals surface area contributed by atoms with E-state index in [0.29, 0.717) is 18.4 Å². The number of allylic oxidation sites excluding steroid dienone is 4. The minimum Gasteiger partial charge on any atom is -0.392 e. The van der Waals surface area contributed by atoms with Crippen LogP contribution in [0.15, 0.2) is 22.8 Å². The first-order valence-electron chi connectivity index (χ1n) is 9.27. The van der Waals surface area contributed by atoms with E-state index in [1.54, 1.807) is 0 Å². The smallest absolute Gasteiger partial charge is 0.196 e. The van der Waals surface area contributed by atoms with E-state index in [9.17, 15) is 9.90 Å².